The second kappa shape index (κ2) is 17.4. The highest BCUT2D eigenvalue weighted by atomic mass is 32.2. The molecule has 0 aromatic heterocycles. The Labute approximate surface area is 158 Å². The van der Waals surface area contributed by atoms with Crippen molar-refractivity contribution in [3.63, 3.8) is 0 Å². The van der Waals surface area contributed by atoms with Crippen LogP contribution in [0.4, 0.5) is 0 Å². The quantitative estimate of drug-likeness (QED) is 0.610. The zero-order valence-corrected chi connectivity index (χ0v) is 16.6. The number of ketones is 2. The van der Waals surface area contributed by atoms with Crippen molar-refractivity contribution < 1.29 is 14.7 Å². The van der Waals surface area contributed by atoms with Crippen LogP contribution in [-0.2, 0) is 9.59 Å². The van der Waals surface area contributed by atoms with Crippen molar-refractivity contribution in [1.29, 1.82) is 0 Å². The summed E-state index contributed by atoms with van der Waals surface area (Å²) in [4.78, 5) is 21.4. The molecule has 25 heavy (non-hydrogen) atoms. The average molecular weight is 367 g/mol. The molecular formula is C21H34O3S. The van der Waals surface area contributed by atoms with Crippen LogP contribution in [-0.4, -0.2) is 33.3 Å². The maximum absolute atomic E-state index is 10.9. The molecule has 1 saturated heterocycles. The zero-order chi connectivity index (χ0) is 19.7. The largest absolute Gasteiger partial charge is 0.392 e. The third-order valence-electron chi connectivity index (χ3n) is 3.12. The fourth-order valence-electron chi connectivity index (χ4n) is 2.10. The minimum absolute atomic E-state index is 0.176. The van der Waals surface area contributed by atoms with E-state index in [9.17, 15) is 9.59 Å². The van der Waals surface area contributed by atoms with Crippen LogP contribution in [0.25, 0.3) is 0 Å². The Morgan fingerprint density at radius 2 is 1.44 bits per heavy atom. The molecule has 1 fully saturated rings. The van der Waals surface area contributed by atoms with E-state index in [1.807, 2.05) is 11.8 Å². The van der Waals surface area contributed by atoms with Crippen molar-refractivity contribution in [2.45, 2.75) is 69.0 Å². The summed E-state index contributed by atoms with van der Waals surface area (Å²) in [5.74, 6) is 0.615. The fraction of sp³-hybridized carbons (Fsp3) is 0.524. The van der Waals surface area contributed by atoms with Crippen LogP contribution in [0.3, 0.4) is 0 Å². The van der Waals surface area contributed by atoms with Gasteiger partial charge in [0, 0.05) is 36.2 Å². The van der Waals surface area contributed by atoms with Gasteiger partial charge in [-0.15, -0.1) is 26.3 Å². The van der Waals surface area contributed by atoms with Gasteiger partial charge in [0.25, 0.3) is 0 Å². The molecule has 0 bridgehead atoms. The number of aliphatic hydroxyl groups is 1. The van der Waals surface area contributed by atoms with Crippen molar-refractivity contribution in [2.24, 2.45) is 0 Å². The highest BCUT2D eigenvalue weighted by molar-refractivity contribution is 8.00. The topological polar surface area (TPSA) is 54.4 Å². The van der Waals surface area contributed by atoms with E-state index in [0.717, 1.165) is 12.8 Å². The number of allylic oxidation sites excluding steroid dienone is 2. The molecule has 1 heterocycles. The van der Waals surface area contributed by atoms with Crippen LogP contribution in [0.5, 0.6) is 0 Å². The van der Waals surface area contributed by atoms with E-state index >= 15 is 0 Å². The molecule has 0 aromatic carbocycles. The van der Waals surface area contributed by atoms with Gasteiger partial charge in [0.05, 0.1) is 6.10 Å². The van der Waals surface area contributed by atoms with E-state index in [4.69, 9.17) is 5.11 Å². The lowest BCUT2D eigenvalue weighted by atomic mass is 10.1. The maximum atomic E-state index is 10.9. The van der Waals surface area contributed by atoms with E-state index in [2.05, 4.69) is 40.2 Å². The normalized spacial score (nSPS) is 18.8. The number of thioether (sulfide) groups is 1. The summed E-state index contributed by atoms with van der Waals surface area (Å²) in [6.07, 6.45) is 10.2. The van der Waals surface area contributed by atoms with Crippen LogP contribution in [0, 0.1) is 0 Å². The number of rotatable bonds is 8. The molecule has 3 nitrogen and oxygen atoms in total. The lowest BCUT2D eigenvalue weighted by Gasteiger charge is -2.21. The van der Waals surface area contributed by atoms with Crippen molar-refractivity contribution in [1.82, 2.24) is 0 Å². The van der Waals surface area contributed by atoms with Crippen LogP contribution in [0.2, 0.25) is 0 Å². The van der Waals surface area contributed by atoms with Gasteiger partial charge in [0.2, 0.25) is 0 Å². The number of Topliss-reactive ketones (excluding diaryl/α,β-unsaturated/α-hetero) is 2. The third-order valence-corrected chi connectivity index (χ3v) is 4.38. The summed E-state index contributed by atoms with van der Waals surface area (Å²) in [6, 6.07) is 0. The lowest BCUT2D eigenvalue weighted by Crippen LogP contribution is -2.20. The standard InChI is InChI=1S/C7H12OS.C7H12O.C7H10O/c1-5-3-7(8)4-6(2)9-5;2*1-3-5-7(8)6-4-2/h5-6H,3-4H2,1-2H3;3-4,7-8H,1-2,5-6H2;3-4H,1-2,5-6H2. The van der Waals surface area contributed by atoms with Crippen molar-refractivity contribution in [3.05, 3.63) is 50.6 Å². The smallest absolute Gasteiger partial charge is 0.140 e. The van der Waals surface area contributed by atoms with Gasteiger partial charge in [0.15, 0.2) is 0 Å². The summed E-state index contributed by atoms with van der Waals surface area (Å²) in [5.41, 5.74) is 0. The molecule has 1 rings (SSSR count). The molecule has 2 atom stereocenters. The van der Waals surface area contributed by atoms with E-state index in [-0.39, 0.29) is 11.9 Å². The first-order chi connectivity index (χ1) is 11.8. The van der Waals surface area contributed by atoms with Gasteiger partial charge in [-0.2, -0.15) is 11.8 Å². The highest BCUT2D eigenvalue weighted by Crippen LogP contribution is 2.28. The Morgan fingerprint density at radius 3 is 1.72 bits per heavy atom. The van der Waals surface area contributed by atoms with Crippen molar-refractivity contribution >= 4 is 23.3 Å². The molecule has 0 spiro atoms. The summed E-state index contributed by atoms with van der Waals surface area (Å²) in [6.45, 7) is 18.1. The van der Waals surface area contributed by atoms with E-state index in [0.29, 0.717) is 42.0 Å². The molecule has 0 aliphatic carbocycles. The van der Waals surface area contributed by atoms with Gasteiger partial charge in [-0.3, -0.25) is 9.59 Å². The first-order valence-corrected chi connectivity index (χ1v) is 9.55. The zero-order valence-electron chi connectivity index (χ0n) is 15.8. The monoisotopic (exact) mass is 366 g/mol. The molecule has 1 N–H and O–H groups in total. The Hall–Kier alpha value is -1.39. The molecule has 0 radical (unpaired) electrons. The average Bonchev–Trinajstić information content (AvgIpc) is 2.48. The predicted octanol–water partition coefficient (Wildman–Crippen LogP) is 5.07. The number of aliphatic hydroxyl groups excluding tert-OH is 1. The van der Waals surface area contributed by atoms with Crippen LogP contribution >= 0.6 is 11.8 Å². The maximum Gasteiger partial charge on any atom is 0.140 e. The summed E-state index contributed by atoms with van der Waals surface area (Å²) < 4.78 is 0. The minimum Gasteiger partial charge on any atom is -0.392 e. The molecular weight excluding hydrogens is 332 g/mol. The van der Waals surface area contributed by atoms with E-state index < -0.39 is 0 Å². The highest BCUT2D eigenvalue weighted by Gasteiger charge is 2.21. The molecule has 2 unspecified atom stereocenters. The van der Waals surface area contributed by atoms with Crippen molar-refractivity contribution in [3.8, 4) is 0 Å². The molecule has 4 heteroatoms. The summed E-state index contributed by atoms with van der Waals surface area (Å²) >= 11 is 1.92. The SMILES string of the molecule is C=CCC(=O)CC=C.C=CCC(O)CC=C.CC1CC(=O)CC(C)S1. The molecule has 1 aliphatic heterocycles. The molecule has 142 valence electrons. The Morgan fingerprint density at radius 1 is 1.04 bits per heavy atom. The van der Waals surface area contributed by atoms with Crippen LogP contribution < -0.4 is 0 Å². The number of carbonyl (C=O) groups is 2. The molecule has 1 aliphatic rings. The van der Waals surface area contributed by atoms with Gasteiger partial charge < -0.3 is 5.11 Å². The van der Waals surface area contributed by atoms with E-state index in [1.54, 1.807) is 24.3 Å². The first kappa shape index (κ1) is 25.8. The minimum atomic E-state index is -0.273. The fourth-order valence-corrected chi connectivity index (χ4v) is 3.46. The molecule has 0 aromatic rings. The van der Waals surface area contributed by atoms with Gasteiger partial charge >= 0.3 is 0 Å². The molecule has 0 saturated carbocycles. The Bertz CT molecular complexity index is 395. The van der Waals surface area contributed by atoms with Crippen LogP contribution in [0.15, 0.2) is 50.6 Å². The van der Waals surface area contributed by atoms with Gasteiger partial charge in [-0.1, -0.05) is 38.2 Å². The van der Waals surface area contributed by atoms with E-state index in [1.165, 1.54) is 0 Å². The number of hydrogen-bond donors (Lipinski definition) is 1. The van der Waals surface area contributed by atoms with Crippen LogP contribution in [0.1, 0.15) is 52.4 Å². The van der Waals surface area contributed by atoms with Gasteiger partial charge in [-0.05, 0) is 12.8 Å². The molecule has 0 amide bonds. The second-order valence-electron chi connectivity index (χ2n) is 5.93. The second-order valence-corrected chi connectivity index (χ2v) is 7.81. The first-order valence-electron chi connectivity index (χ1n) is 8.61. The Balaban J connectivity index is 0. The third kappa shape index (κ3) is 18.8. The summed E-state index contributed by atoms with van der Waals surface area (Å²) in [7, 11) is 0. The number of hydrogen-bond acceptors (Lipinski definition) is 4. The Kier molecular flexibility index (Phi) is 18.0. The van der Waals surface area contributed by atoms with Gasteiger partial charge in [-0.25, -0.2) is 0 Å². The predicted molar refractivity (Wildman–Crippen MR) is 111 cm³/mol. The van der Waals surface area contributed by atoms with Gasteiger partial charge in [0.1, 0.15) is 11.6 Å². The lowest BCUT2D eigenvalue weighted by molar-refractivity contribution is -0.119. The summed E-state index contributed by atoms with van der Waals surface area (Å²) in [5, 5.41) is 10.0. The number of carbonyl (C=O) groups excluding carboxylic acids is 2. The van der Waals surface area contributed by atoms with Crippen molar-refractivity contribution in [2.75, 3.05) is 0 Å².